The number of amides is 2. The molecule has 3 atom stereocenters. The van der Waals surface area contributed by atoms with E-state index in [4.69, 9.17) is 0 Å². The van der Waals surface area contributed by atoms with Gasteiger partial charge < -0.3 is 10.2 Å². The van der Waals surface area contributed by atoms with E-state index in [1.165, 1.54) is 0 Å². The molecule has 0 radical (unpaired) electrons. The first kappa shape index (κ1) is 15.5. The SMILES string of the molecule is CCC(c1ccccc1)N1C(=O)C(C)NC(=O)C1C(C)C. The Morgan fingerprint density at radius 3 is 2.33 bits per heavy atom. The van der Waals surface area contributed by atoms with Crippen LogP contribution in [0.5, 0.6) is 0 Å². The number of piperazine rings is 1. The number of benzene rings is 1. The van der Waals surface area contributed by atoms with Crippen LogP contribution in [0, 0.1) is 5.92 Å². The molecule has 1 fully saturated rings. The molecule has 2 rings (SSSR count). The summed E-state index contributed by atoms with van der Waals surface area (Å²) in [5.74, 6) is 0.0368. The molecule has 0 saturated carbocycles. The molecular formula is C17H24N2O2. The highest BCUT2D eigenvalue weighted by Crippen LogP contribution is 2.31. The summed E-state index contributed by atoms with van der Waals surface area (Å²) in [6.45, 7) is 7.78. The fourth-order valence-corrected chi connectivity index (χ4v) is 3.09. The molecule has 1 aliphatic heterocycles. The molecule has 0 spiro atoms. The second-order valence-electron chi connectivity index (χ2n) is 6.00. The zero-order chi connectivity index (χ0) is 15.6. The van der Waals surface area contributed by atoms with Gasteiger partial charge in [-0.05, 0) is 24.8 Å². The molecule has 0 aliphatic carbocycles. The summed E-state index contributed by atoms with van der Waals surface area (Å²) in [4.78, 5) is 26.8. The summed E-state index contributed by atoms with van der Waals surface area (Å²) in [7, 11) is 0. The van der Waals surface area contributed by atoms with Gasteiger partial charge in [-0.25, -0.2) is 0 Å². The van der Waals surface area contributed by atoms with Crippen LogP contribution in [0.4, 0.5) is 0 Å². The normalized spacial score (nSPS) is 24.1. The Balaban J connectivity index is 2.43. The molecule has 1 N–H and O–H groups in total. The summed E-state index contributed by atoms with van der Waals surface area (Å²) in [5, 5.41) is 2.79. The van der Waals surface area contributed by atoms with Crippen molar-refractivity contribution in [2.45, 2.75) is 52.2 Å². The van der Waals surface area contributed by atoms with Crippen LogP contribution in [0.2, 0.25) is 0 Å². The quantitative estimate of drug-likeness (QED) is 0.925. The van der Waals surface area contributed by atoms with Crippen LogP contribution in [-0.2, 0) is 9.59 Å². The monoisotopic (exact) mass is 288 g/mol. The molecule has 1 aliphatic rings. The summed E-state index contributed by atoms with van der Waals surface area (Å²) >= 11 is 0. The maximum Gasteiger partial charge on any atom is 0.246 e. The Hall–Kier alpha value is -1.84. The van der Waals surface area contributed by atoms with Crippen molar-refractivity contribution in [3.63, 3.8) is 0 Å². The Kier molecular flexibility index (Phi) is 4.66. The number of nitrogens with one attached hydrogen (secondary N) is 1. The number of nitrogens with zero attached hydrogens (tertiary/aromatic N) is 1. The van der Waals surface area contributed by atoms with Crippen molar-refractivity contribution in [3.8, 4) is 0 Å². The van der Waals surface area contributed by atoms with E-state index in [1.54, 1.807) is 11.8 Å². The predicted molar refractivity (Wildman–Crippen MR) is 82.6 cm³/mol. The van der Waals surface area contributed by atoms with Crippen LogP contribution in [0.25, 0.3) is 0 Å². The number of hydrogen-bond acceptors (Lipinski definition) is 2. The van der Waals surface area contributed by atoms with E-state index in [-0.39, 0.29) is 23.8 Å². The van der Waals surface area contributed by atoms with Gasteiger partial charge in [-0.2, -0.15) is 0 Å². The van der Waals surface area contributed by atoms with Crippen molar-refractivity contribution >= 4 is 11.8 Å². The molecule has 4 nitrogen and oxygen atoms in total. The minimum atomic E-state index is -0.453. The number of carbonyl (C=O) groups is 2. The molecular weight excluding hydrogens is 264 g/mol. The van der Waals surface area contributed by atoms with E-state index in [0.717, 1.165) is 12.0 Å². The van der Waals surface area contributed by atoms with E-state index >= 15 is 0 Å². The molecule has 0 bridgehead atoms. The molecule has 0 aromatic heterocycles. The third-order valence-corrected chi connectivity index (χ3v) is 4.09. The largest absolute Gasteiger partial charge is 0.343 e. The van der Waals surface area contributed by atoms with E-state index < -0.39 is 12.1 Å². The third kappa shape index (κ3) is 2.94. The second kappa shape index (κ2) is 6.29. The van der Waals surface area contributed by atoms with Crippen LogP contribution in [-0.4, -0.2) is 28.8 Å². The van der Waals surface area contributed by atoms with Crippen LogP contribution in [0.15, 0.2) is 30.3 Å². The zero-order valence-corrected chi connectivity index (χ0v) is 13.2. The van der Waals surface area contributed by atoms with Gasteiger partial charge in [0.05, 0.1) is 6.04 Å². The maximum atomic E-state index is 12.7. The van der Waals surface area contributed by atoms with Gasteiger partial charge in [-0.1, -0.05) is 51.1 Å². The Labute approximate surface area is 126 Å². The molecule has 4 heteroatoms. The molecule has 1 aromatic carbocycles. The van der Waals surface area contributed by atoms with Crippen molar-refractivity contribution in [1.29, 1.82) is 0 Å². The summed E-state index contributed by atoms with van der Waals surface area (Å²) in [6, 6.07) is 9.04. The lowest BCUT2D eigenvalue weighted by atomic mass is 9.92. The topological polar surface area (TPSA) is 49.4 Å². The highest BCUT2D eigenvalue weighted by Gasteiger charge is 2.43. The number of hydrogen-bond donors (Lipinski definition) is 1. The maximum absolute atomic E-state index is 12.7. The number of carbonyl (C=O) groups excluding carboxylic acids is 2. The first-order chi connectivity index (χ1) is 9.97. The van der Waals surface area contributed by atoms with Gasteiger partial charge in [0.2, 0.25) is 11.8 Å². The first-order valence-corrected chi connectivity index (χ1v) is 7.64. The van der Waals surface area contributed by atoms with Crippen molar-refractivity contribution in [1.82, 2.24) is 10.2 Å². The molecule has 114 valence electrons. The summed E-state index contributed by atoms with van der Waals surface area (Å²) in [6.07, 6.45) is 0.791. The average Bonchev–Trinajstić information content (AvgIpc) is 2.45. The molecule has 2 amide bonds. The van der Waals surface area contributed by atoms with Crippen LogP contribution >= 0.6 is 0 Å². The van der Waals surface area contributed by atoms with E-state index in [2.05, 4.69) is 12.2 Å². The lowest BCUT2D eigenvalue weighted by molar-refractivity contribution is -0.154. The second-order valence-corrected chi connectivity index (χ2v) is 6.00. The fourth-order valence-electron chi connectivity index (χ4n) is 3.09. The van der Waals surface area contributed by atoms with E-state index in [1.807, 2.05) is 44.2 Å². The van der Waals surface area contributed by atoms with Crippen LogP contribution < -0.4 is 5.32 Å². The molecule has 1 heterocycles. The fraction of sp³-hybridized carbons (Fsp3) is 0.529. The third-order valence-electron chi connectivity index (χ3n) is 4.09. The lowest BCUT2D eigenvalue weighted by Crippen LogP contribution is -2.64. The van der Waals surface area contributed by atoms with Crippen molar-refractivity contribution in [2.75, 3.05) is 0 Å². The zero-order valence-electron chi connectivity index (χ0n) is 13.2. The number of rotatable bonds is 4. The molecule has 3 unspecified atom stereocenters. The van der Waals surface area contributed by atoms with E-state index in [9.17, 15) is 9.59 Å². The lowest BCUT2D eigenvalue weighted by Gasteiger charge is -2.44. The van der Waals surface area contributed by atoms with Crippen molar-refractivity contribution in [2.24, 2.45) is 5.92 Å². The smallest absolute Gasteiger partial charge is 0.246 e. The predicted octanol–water partition coefficient (Wildman–Crippen LogP) is 2.51. The minimum Gasteiger partial charge on any atom is -0.343 e. The van der Waals surface area contributed by atoms with Gasteiger partial charge >= 0.3 is 0 Å². The van der Waals surface area contributed by atoms with Gasteiger partial charge in [0.1, 0.15) is 12.1 Å². The van der Waals surface area contributed by atoms with Crippen molar-refractivity contribution in [3.05, 3.63) is 35.9 Å². The molecule has 1 saturated heterocycles. The Morgan fingerprint density at radius 2 is 1.81 bits per heavy atom. The van der Waals surface area contributed by atoms with Gasteiger partial charge in [0.15, 0.2) is 0 Å². The molecule has 21 heavy (non-hydrogen) atoms. The minimum absolute atomic E-state index is 0.00371. The highest BCUT2D eigenvalue weighted by molar-refractivity contribution is 5.97. The Morgan fingerprint density at radius 1 is 1.19 bits per heavy atom. The van der Waals surface area contributed by atoms with Crippen LogP contribution in [0.1, 0.15) is 45.7 Å². The standard InChI is InChI=1S/C17H24N2O2/c1-5-14(13-9-7-6-8-10-13)19-15(11(2)3)16(20)18-12(4)17(19)21/h6-12,14-15H,5H2,1-4H3,(H,18,20). The van der Waals surface area contributed by atoms with Gasteiger partial charge in [-0.15, -0.1) is 0 Å². The Bertz CT molecular complexity index is 513. The summed E-state index contributed by atoms with van der Waals surface area (Å²) in [5.41, 5.74) is 1.08. The average molecular weight is 288 g/mol. The van der Waals surface area contributed by atoms with Crippen molar-refractivity contribution < 1.29 is 9.59 Å². The summed E-state index contributed by atoms with van der Waals surface area (Å²) < 4.78 is 0. The van der Waals surface area contributed by atoms with E-state index in [0.29, 0.717) is 0 Å². The highest BCUT2D eigenvalue weighted by atomic mass is 16.2. The molecule has 1 aromatic rings. The first-order valence-electron chi connectivity index (χ1n) is 7.64. The van der Waals surface area contributed by atoms with Gasteiger partial charge in [-0.3, -0.25) is 9.59 Å². The van der Waals surface area contributed by atoms with Gasteiger partial charge in [0.25, 0.3) is 0 Å². The van der Waals surface area contributed by atoms with Crippen LogP contribution in [0.3, 0.4) is 0 Å². The van der Waals surface area contributed by atoms with Gasteiger partial charge in [0, 0.05) is 0 Å².